The Bertz CT molecular complexity index is 702. The van der Waals surface area contributed by atoms with Crippen LogP contribution in [0.3, 0.4) is 0 Å². The second-order valence-electron chi connectivity index (χ2n) is 5.21. The van der Waals surface area contributed by atoms with Gasteiger partial charge in [0.15, 0.2) is 0 Å². The summed E-state index contributed by atoms with van der Waals surface area (Å²) in [4.78, 5) is 11.9. The lowest BCUT2D eigenvalue weighted by molar-refractivity contribution is -0.120. The molecule has 1 N–H and O–H groups in total. The van der Waals surface area contributed by atoms with Gasteiger partial charge < -0.3 is 9.30 Å². The number of benzene rings is 1. The summed E-state index contributed by atoms with van der Waals surface area (Å²) in [6.07, 6.45) is 1.94. The van der Waals surface area contributed by atoms with E-state index >= 15 is 0 Å². The maximum Gasteiger partial charge on any atom is 0.244 e. The molecule has 0 saturated heterocycles. The van der Waals surface area contributed by atoms with Gasteiger partial charge in [-0.05, 0) is 37.6 Å². The number of amides is 1. The number of aryl methyl sites for hydroxylation is 1. The summed E-state index contributed by atoms with van der Waals surface area (Å²) in [6, 6.07) is 9.47. The smallest absolute Gasteiger partial charge is 0.244 e. The highest BCUT2D eigenvalue weighted by molar-refractivity contribution is 5.84. The molecule has 1 aromatic heterocycles. The fourth-order valence-corrected chi connectivity index (χ4v) is 2.20. The summed E-state index contributed by atoms with van der Waals surface area (Å²) in [5.74, 6) is 0.582. The van der Waals surface area contributed by atoms with Crippen molar-refractivity contribution in [3.8, 4) is 5.75 Å². The number of nitrogens with one attached hydrogen (secondary N) is 1. The first-order valence-corrected chi connectivity index (χ1v) is 7.09. The van der Waals surface area contributed by atoms with Crippen LogP contribution in [0.4, 0.5) is 0 Å². The molecule has 2 aromatic rings. The van der Waals surface area contributed by atoms with Gasteiger partial charge in [0.1, 0.15) is 5.75 Å². The van der Waals surface area contributed by atoms with E-state index < -0.39 is 0 Å². The SMILES string of the molecule is COc1cccc(CC(=O)N/N=C/c2cc(C)n(C)c2C)c1. The Labute approximate surface area is 130 Å². The van der Waals surface area contributed by atoms with Gasteiger partial charge in [-0.25, -0.2) is 5.43 Å². The number of ether oxygens (including phenoxy) is 1. The Morgan fingerprint density at radius 3 is 2.77 bits per heavy atom. The van der Waals surface area contributed by atoms with Gasteiger partial charge in [0, 0.05) is 24.0 Å². The van der Waals surface area contributed by atoms with Crippen molar-refractivity contribution >= 4 is 12.1 Å². The Kier molecular flexibility index (Phi) is 4.99. The molecular weight excluding hydrogens is 278 g/mol. The fraction of sp³-hybridized carbons (Fsp3) is 0.294. The number of nitrogens with zero attached hydrogens (tertiary/aromatic N) is 2. The van der Waals surface area contributed by atoms with Gasteiger partial charge in [0.2, 0.25) is 5.91 Å². The van der Waals surface area contributed by atoms with Crippen LogP contribution in [0.5, 0.6) is 5.75 Å². The highest BCUT2D eigenvalue weighted by atomic mass is 16.5. The number of hydrazone groups is 1. The van der Waals surface area contributed by atoms with Crippen LogP contribution < -0.4 is 10.2 Å². The Balaban J connectivity index is 1.94. The fourth-order valence-electron chi connectivity index (χ4n) is 2.20. The van der Waals surface area contributed by atoms with Gasteiger partial charge >= 0.3 is 0 Å². The first-order chi connectivity index (χ1) is 10.5. The molecule has 1 aromatic carbocycles. The normalized spacial score (nSPS) is 10.9. The van der Waals surface area contributed by atoms with E-state index in [1.165, 1.54) is 0 Å². The number of rotatable bonds is 5. The maximum absolute atomic E-state index is 11.9. The Morgan fingerprint density at radius 1 is 1.36 bits per heavy atom. The van der Waals surface area contributed by atoms with E-state index in [4.69, 9.17) is 4.74 Å². The third-order valence-corrected chi connectivity index (χ3v) is 3.71. The van der Waals surface area contributed by atoms with Gasteiger partial charge in [-0.1, -0.05) is 12.1 Å². The van der Waals surface area contributed by atoms with Crippen molar-refractivity contribution < 1.29 is 9.53 Å². The molecule has 0 bridgehead atoms. The van der Waals surface area contributed by atoms with E-state index in [9.17, 15) is 4.79 Å². The molecule has 116 valence electrons. The van der Waals surface area contributed by atoms with Gasteiger partial charge in [0.05, 0.1) is 19.7 Å². The predicted molar refractivity (Wildman–Crippen MR) is 87.3 cm³/mol. The highest BCUT2D eigenvalue weighted by Crippen LogP contribution is 2.13. The van der Waals surface area contributed by atoms with Crippen molar-refractivity contribution in [2.45, 2.75) is 20.3 Å². The lowest BCUT2D eigenvalue weighted by Gasteiger charge is -2.03. The summed E-state index contributed by atoms with van der Waals surface area (Å²) in [6.45, 7) is 4.05. The van der Waals surface area contributed by atoms with Crippen molar-refractivity contribution in [3.05, 3.63) is 52.8 Å². The second kappa shape index (κ2) is 6.93. The molecule has 0 radical (unpaired) electrons. The zero-order chi connectivity index (χ0) is 16.1. The lowest BCUT2D eigenvalue weighted by Crippen LogP contribution is -2.19. The number of carbonyl (C=O) groups is 1. The maximum atomic E-state index is 11.9. The van der Waals surface area contributed by atoms with E-state index in [1.54, 1.807) is 13.3 Å². The minimum absolute atomic E-state index is 0.158. The van der Waals surface area contributed by atoms with Gasteiger partial charge in [-0.15, -0.1) is 0 Å². The Morgan fingerprint density at radius 2 is 2.14 bits per heavy atom. The molecule has 0 saturated carbocycles. The molecule has 0 unspecified atom stereocenters. The molecule has 0 atom stereocenters. The third-order valence-electron chi connectivity index (χ3n) is 3.71. The first kappa shape index (κ1) is 15.8. The van der Waals surface area contributed by atoms with Gasteiger partial charge in [-0.3, -0.25) is 4.79 Å². The molecule has 1 amide bonds. The number of aromatic nitrogens is 1. The van der Waals surface area contributed by atoms with Crippen molar-refractivity contribution in [1.82, 2.24) is 9.99 Å². The average molecular weight is 299 g/mol. The minimum Gasteiger partial charge on any atom is -0.497 e. The van der Waals surface area contributed by atoms with Crippen LogP contribution in [0.2, 0.25) is 0 Å². The zero-order valence-electron chi connectivity index (χ0n) is 13.4. The summed E-state index contributed by atoms with van der Waals surface area (Å²) in [5.41, 5.74) is 6.71. The van der Waals surface area contributed by atoms with Crippen molar-refractivity contribution in [3.63, 3.8) is 0 Å². The minimum atomic E-state index is -0.158. The first-order valence-electron chi connectivity index (χ1n) is 7.09. The van der Waals surface area contributed by atoms with Crippen LogP contribution in [0, 0.1) is 13.8 Å². The van der Waals surface area contributed by atoms with Crippen LogP contribution in [-0.4, -0.2) is 23.8 Å². The molecule has 22 heavy (non-hydrogen) atoms. The van der Waals surface area contributed by atoms with E-state index in [1.807, 2.05) is 51.2 Å². The highest BCUT2D eigenvalue weighted by Gasteiger charge is 2.05. The molecule has 5 nitrogen and oxygen atoms in total. The molecule has 0 aliphatic carbocycles. The molecule has 0 spiro atoms. The largest absolute Gasteiger partial charge is 0.497 e. The zero-order valence-corrected chi connectivity index (χ0v) is 13.4. The summed E-state index contributed by atoms with van der Waals surface area (Å²) >= 11 is 0. The van der Waals surface area contributed by atoms with Crippen LogP contribution in [-0.2, 0) is 18.3 Å². The van der Waals surface area contributed by atoms with Crippen molar-refractivity contribution in [1.29, 1.82) is 0 Å². The molecule has 0 fully saturated rings. The van der Waals surface area contributed by atoms with Gasteiger partial charge in [0.25, 0.3) is 0 Å². The van der Waals surface area contributed by atoms with E-state index in [0.29, 0.717) is 0 Å². The van der Waals surface area contributed by atoms with Crippen molar-refractivity contribution in [2.75, 3.05) is 7.11 Å². The molecule has 2 rings (SSSR count). The topological polar surface area (TPSA) is 55.6 Å². The van der Waals surface area contributed by atoms with Crippen LogP contribution in [0.15, 0.2) is 35.4 Å². The number of methoxy groups -OCH3 is 1. The molecule has 0 aliphatic rings. The van der Waals surface area contributed by atoms with Crippen molar-refractivity contribution in [2.24, 2.45) is 12.1 Å². The second-order valence-corrected chi connectivity index (χ2v) is 5.21. The van der Waals surface area contributed by atoms with Crippen LogP contribution >= 0.6 is 0 Å². The third kappa shape index (κ3) is 3.75. The van der Waals surface area contributed by atoms with Gasteiger partial charge in [-0.2, -0.15) is 5.10 Å². The van der Waals surface area contributed by atoms with E-state index in [-0.39, 0.29) is 12.3 Å². The Hall–Kier alpha value is -2.56. The average Bonchev–Trinajstić information content (AvgIpc) is 2.75. The monoisotopic (exact) mass is 299 g/mol. The van der Waals surface area contributed by atoms with Crippen LogP contribution in [0.25, 0.3) is 0 Å². The van der Waals surface area contributed by atoms with Crippen LogP contribution in [0.1, 0.15) is 22.5 Å². The molecule has 0 aliphatic heterocycles. The standard InChI is InChI=1S/C17H21N3O2/c1-12-8-15(13(2)20(12)3)11-18-19-17(21)10-14-6-5-7-16(9-14)22-4/h5-9,11H,10H2,1-4H3,(H,19,21)/b18-11+. The quantitative estimate of drug-likeness (QED) is 0.680. The number of hydrogen-bond donors (Lipinski definition) is 1. The molecule has 5 heteroatoms. The van der Waals surface area contributed by atoms with E-state index in [0.717, 1.165) is 28.3 Å². The molecule has 1 heterocycles. The number of carbonyl (C=O) groups excluding carboxylic acids is 1. The summed E-state index contributed by atoms with van der Waals surface area (Å²) in [7, 11) is 3.61. The summed E-state index contributed by atoms with van der Waals surface area (Å²) in [5, 5.41) is 4.03. The lowest BCUT2D eigenvalue weighted by atomic mass is 10.1. The van der Waals surface area contributed by atoms with E-state index in [2.05, 4.69) is 15.1 Å². The predicted octanol–water partition coefficient (Wildman–Crippen LogP) is 2.34. The summed E-state index contributed by atoms with van der Waals surface area (Å²) < 4.78 is 7.22. The number of hydrogen-bond acceptors (Lipinski definition) is 3. The molecular formula is C17H21N3O2.